The van der Waals surface area contributed by atoms with Crippen molar-refractivity contribution < 1.29 is 23.8 Å². The van der Waals surface area contributed by atoms with Crippen LogP contribution in [-0.2, 0) is 4.79 Å². The normalized spacial score (nSPS) is 16.8. The Morgan fingerprint density at radius 1 is 1.47 bits per heavy atom. The highest BCUT2D eigenvalue weighted by atomic mass is 19.1. The van der Waals surface area contributed by atoms with Gasteiger partial charge in [0.2, 0.25) is 0 Å². The number of hydrogen-bond donors (Lipinski definition) is 2. The number of carboxylic acid groups (broad SMARTS) is 1. The Morgan fingerprint density at radius 2 is 2.16 bits per heavy atom. The highest BCUT2D eigenvalue weighted by Gasteiger charge is 2.24. The fraction of sp³-hybridized carbons (Fsp3) is 0.462. The van der Waals surface area contributed by atoms with Gasteiger partial charge in [0, 0.05) is 11.6 Å². The standard InChI is InChI=1S/C13H16FNO4/c1-7(14)8-4-9(10(15)6-12(16)17)13-11(5-8)18-2-3-19-13/h4-5,7,10H,2-3,6,15H2,1H3,(H,16,17). The minimum atomic E-state index is -1.19. The monoisotopic (exact) mass is 269 g/mol. The first-order valence-corrected chi connectivity index (χ1v) is 6.04. The quantitative estimate of drug-likeness (QED) is 0.873. The van der Waals surface area contributed by atoms with Gasteiger partial charge in [-0.1, -0.05) is 0 Å². The van der Waals surface area contributed by atoms with Gasteiger partial charge in [0.25, 0.3) is 0 Å². The fourth-order valence-electron chi connectivity index (χ4n) is 2.01. The van der Waals surface area contributed by atoms with Crippen molar-refractivity contribution in [2.24, 2.45) is 5.73 Å². The zero-order chi connectivity index (χ0) is 14.0. The maximum absolute atomic E-state index is 13.5. The molecule has 2 unspecified atom stereocenters. The van der Waals surface area contributed by atoms with Gasteiger partial charge in [-0.2, -0.15) is 0 Å². The van der Waals surface area contributed by atoms with E-state index in [4.69, 9.17) is 20.3 Å². The van der Waals surface area contributed by atoms with E-state index in [0.717, 1.165) is 0 Å². The van der Waals surface area contributed by atoms with Gasteiger partial charge < -0.3 is 20.3 Å². The molecular weight excluding hydrogens is 253 g/mol. The van der Waals surface area contributed by atoms with Crippen LogP contribution in [0.5, 0.6) is 11.5 Å². The summed E-state index contributed by atoms with van der Waals surface area (Å²) >= 11 is 0. The number of rotatable bonds is 4. The molecule has 104 valence electrons. The zero-order valence-corrected chi connectivity index (χ0v) is 10.6. The molecule has 1 aliphatic heterocycles. The van der Waals surface area contributed by atoms with Crippen molar-refractivity contribution >= 4 is 5.97 Å². The van der Waals surface area contributed by atoms with Crippen LogP contribution in [-0.4, -0.2) is 24.3 Å². The summed E-state index contributed by atoms with van der Waals surface area (Å²) in [4.78, 5) is 10.7. The molecule has 1 aromatic rings. The number of fused-ring (bicyclic) bond motifs is 1. The predicted molar refractivity (Wildman–Crippen MR) is 66.1 cm³/mol. The molecule has 19 heavy (non-hydrogen) atoms. The number of nitrogens with two attached hydrogens (primary N) is 1. The second-order valence-electron chi connectivity index (χ2n) is 4.45. The van der Waals surface area contributed by atoms with Crippen LogP contribution in [0.4, 0.5) is 4.39 Å². The van der Waals surface area contributed by atoms with Crippen LogP contribution in [0.2, 0.25) is 0 Å². The molecule has 2 atom stereocenters. The van der Waals surface area contributed by atoms with E-state index in [2.05, 4.69) is 0 Å². The number of ether oxygens (including phenoxy) is 2. The molecule has 3 N–H and O–H groups in total. The molecular formula is C13H16FNO4. The lowest BCUT2D eigenvalue weighted by molar-refractivity contribution is -0.137. The molecule has 0 spiro atoms. The lowest BCUT2D eigenvalue weighted by atomic mass is 9.98. The van der Waals surface area contributed by atoms with Crippen LogP contribution in [0.1, 0.15) is 36.7 Å². The van der Waals surface area contributed by atoms with Gasteiger partial charge in [0.15, 0.2) is 11.5 Å². The van der Waals surface area contributed by atoms with Crippen molar-refractivity contribution in [2.75, 3.05) is 13.2 Å². The molecule has 1 aliphatic rings. The van der Waals surface area contributed by atoms with Crippen LogP contribution >= 0.6 is 0 Å². The first-order chi connectivity index (χ1) is 8.99. The maximum Gasteiger partial charge on any atom is 0.305 e. The van der Waals surface area contributed by atoms with Crippen molar-refractivity contribution in [3.8, 4) is 11.5 Å². The Balaban J connectivity index is 2.44. The molecule has 0 saturated carbocycles. The van der Waals surface area contributed by atoms with Crippen molar-refractivity contribution in [1.82, 2.24) is 0 Å². The van der Waals surface area contributed by atoms with Crippen molar-refractivity contribution in [3.05, 3.63) is 23.3 Å². The molecule has 0 amide bonds. The van der Waals surface area contributed by atoms with E-state index in [1.165, 1.54) is 6.92 Å². The molecule has 1 aromatic carbocycles. The van der Waals surface area contributed by atoms with Crippen LogP contribution < -0.4 is 15.2 Å². The maximum atomic E-state index is 13.5. The lowest BCUT2D eigenvalue weighted by Gasteiger charge is -2.24. The lowest BCUT2D eigenvalue weighted by Crippen LogP contribution is -2.21. The molecule has 0 fully saturated rings. The van der Waals surface area contributed by atoms with Gasteiger partial charge >= 0.3 is 5.97 Å². The Bertz CT molecular complexity index is 490. The first-order valence-electron chi connectivity index (χ1n) is 6.04. The largest absolute Gasteiger partial charge is 0.486 e. The Kier molecular flexibility index (Phi) is 3.90. The highest BCUT2D eigenvalue weighted by Crippen LogP contribution is 2.40. The van der Waals surface area contributed by atoms with Gasteiger partial charge in [0.05, 0.1) is 6.42 Å². The van der Waals surface area contributed by atoms with Gasteiger partial charge in [-0.3, -0.25) is 4.79 Å². The fourth-order valence-corrected chi connectivity index (χ4v) is 2.01. The third kappa shape index (κ3) is 2.96. The smallest absolute Gasteiger partial charge is 0.305 e. The van der Waals surface area contributed by atoms with Crippen molar-refractivity contribution in [3.63, 3.8) is 0 Å². The molecule has 1 heterocycles. The summed E-state index contributed by atoms with van der Waals surface area (Å²) in [5.41, 5.74) is 6.72. The molecule has 6 heteroatoms. The molecule has 2 rings (SSSR count). The van der Waals surface area contributed by atoms with Gasteiger partial charge in [0.1, 0.15) is 19.4 Å². The SMILES string of the molecule is CC(F)c1cc2c(c(C(N)CC(=O)O)c1)OCCO2. The number of carbonyl (C=O) groups is 1. The Labute approximate surface area is 110 Å². The third-order valence-electron chi connectivity index (χ3n) is 2.95. The summed E-state index contributed by atoms with van der Waals surface area (Å²) in [6.45, 7) is 2.15. The minimum Gasteiger partial charge on any atom is -0.486 e. The molecule has 0 saturated heterocycles. The summed E-state index contributed by atoms with van der Waals surface area (Å²) < 4.78 is 24.3. The third-order valence-corrected chi connectivity index (χ3v) is 2.95. The van der Waals surface area contributed by atoms with Gasteiger partial charge in [-0.25, -0.2) is 4.39 Å². The average Bonchev–Trinajstić information content (AvgIpc) is 2.36. The van der Waals surface area contributed by atoms with E-state index < -0.39 is 18.2 Å². The van der Waals surface area contributed by atoms with E-state index >= 15 is 0 Å². The Morgan fingerprint density at radius 3 is 2.79 bits per heavy atom. The zero-order valence-electron chi connectivity index (χ0n) is 10.6. The molecule has 0 aromatic heterocycles. The van der Waals surface area contributed by atoms with Crippen LogP contribution in [0, 0.1) is 0 Å². The van der Waals surface area contributed by atoms with E-state index in [1.54, 1.807) is 12.1 Å². The van der Waals surface area contributed by atoms with Crippen LogP contribution in [0.25, 0.3) is 0 Å². The first kappa shape index (κ1) is 13.6. The minimum absolute atomic E-state index is 0.250. The summed E-state index contributed by atoms with van der Waals surface area (Å²) in [6, 6.07) is 2.36. The Hall–Kier alpha value is -1.82. The predicted octanol–water partition coefficient (Wildman–Crippen LogP) is 1.96. The topological polar surface area (TPSA) is 81.8 Å². The van der Waals surface area contributed by atoms with Gasteiger partial charge in [-0.15, -0.1) is 0 Å². The van der Waals surface area contributed by atoms with E-state index in [0.29, 0.717) is 35.8 Å². The average molecular weight is 269 g/mol. The van der Waals surface area contributed by atoms with Crippen LogP contribution in [0.15, 0.2) is 12.1 Å². The molecule has 0 radical (unpaired) electrons. The number of halogens is 1. The number of benzene rings is 1. The van der Waals surface area contributed by atoms with E-state index in [9.17, 15) is 9.18 Å². The second kappa shape index (κ2) is 5.44. The number of carboxylic acids is 1. The van der Waals surface area contributed by atoms with Crippen LogP contribution in [0.3, 0.4) is 0 Å². The summed E-state index contributed by atoms with van der Waals surface area (Å²) in [7, 11) is 0. The number of hydrogen-bond acceptors (Lipinski definition) is 4. The summed E-state index contributed by atoms with van der Waals surface area (Å²) in [5, 5.41) is 8.80. The van der Waals surface area contributed by atoms with E-state index in [1.807, 2.05) is 0 Å². The summed E-state index contributed by atoms with van der Waals surface area (Å²) in [6.07, 6.45) is -1.44. The van der Waals surface area contributed by atoms with Crippen molar-refractivity contribution in [1.29, 1.82) is 0 Å². The van der Waals surface area contributed by atoms with E-state index in [-0.39, 0.29) is 6.42 Å². The molecule has 0 bridgehead atoms. The summed E-state index contributed by atoms with van der Waals surface area (Å²) in [5.74, 6) is -0.176. The van der Waals surface area contributed by atoms with Gasteiger partial charge in [-0.05, 0) is 24.6 Å². The molecule has 0 aliphatic carbocycles. The number of alkyl halides is 1. The second-order valence-corrected chi connectivity index (χ2v) is 4.45. The number of aliphatic carboxylic acids is 1. The highest BCUT2D eigenvalue weighted by molar-refractivity contribution is 5.68. The molecule has 5 nitrogen and oxygen atoms in total. The van der Waals surface area contributed by atoms with Crippen molar-refractivity contribution in [2.45, 2.75) is 25.6 Å².